The van der Waals surface area contributed by atoms with Gasteiger partial charge in [0.25, 0.3) is 0 Å². The van der Waals surface area contributed by atoms with Crippen LogP contribution in [-0.2, 0) is 25.9 Å². The highest BCUT2D eigenvalue weighted by Gasteiger charge is 2.19. The smallest absolute Gasteiger partial charge is 0.128 e. The van der Waals surface area contributed by atoms with Crippen LogP contribution in [0.3, 0.4) is 0 Å². The number of hydrogen-bond donors (Lipinski definition) is 0. The first-order chi connectivity index (χ1) is 10.7. The third-order valence-electron chi connectivity index (χ3n) is 3.96. The van der Waals surface area contributed by atoms with Crippen molar-refractivity contribution < 1.29 is 4.39 Å². The lowest BCUT2D eigenvalue weighted by atomic mass is 10.0. The van der Waals surface area contributed by atoms with E-state index in [0.29, 0.717) is 24.2 Å². The molecule has 0 radical (unpaired) electrons. The van der Waals surface area contributed by atoms with Crippen LogP contribution in [0, 0.1) is 17.1 Å². The molecule has 0 unspecified atom stereocenters. The van der Waals surface area contributed by atoms with E-state index in [1.54, 1.807) is 6.07 Å². The number of hydrogen-bond acceptors (Lipinski definition) is 4. The fraction of sp³-hybridized carbons (Fsp3) is 0.353. The van der Waals surface area contributed by atoms with Crippen LogP contribution in [0.4, 0.5) is 4.39 Å². The van der Waals surface area contributed by atoms with Crippen molar-refractivity contribution in [1.82, 2.24) is 14.9 Å². The molecule has 5 heteroatoms. The number of nitrogens with zero attached hydrogens (tertiary/aromatic N) is 4. The van der Waals surface area contributed by atoms with E-state index >= 15 is 0 Å². The monoisotopic (exact) mass is 296 g/mol. The van der Waals surface area contributed by atoms with Crippen LogP contribution in [0.2, 0.25) is 0 Å². The van der Waals surface area contributed by atoms with Gasteiger partial charge in [0, 0.05) is 37.8 Å². The molecule has 1 aromatic heterocycles. The summed E-state index contributed by atoms with van der Waals surface area (Å²) in [7, 11) is 0. The predicted molar refractivity (Wildman–Crippen MR) is 80.3 cm³/mol. The van der Waals surface area contributed by atoms with E-state index in [1.165, 1.54) is 17.7 Å². The first kappa shape index (κ1) is 14.6. The van der Waals surface area contributed by atoms with Crippen molar-refractivity contribution in [2.24, 2.45) is 0 Å². The zero-order valence-corrected chi connectivity index (χ0v) is 12.5. The molecule has 0 atom stereocenters. The third-order valence-corrected chi connectivity index (χ3v) is 3.96. The van der Waals surface area contributed by atoms with Gasteiger partial charge in [0.15, 0.2) is 0 Å². The maximum absolute atomic E-state index is 13.9. The second-order valence-electron chi connectivity index (χ2n) is 5.49. The van der Waals surface area contributed by atoms with Gasteiger partial charge in [-0.1, -0.05) is 6.92 Å². The highest BCUT2D eigenvalue weighted by molar-refractivity contribution is 5.34. The Morgan fingerprint density at radius 2 is 2.27 bits per heavy atom. The molecule has 0 bridgehead atoms. The molecular weight excluding hydrogens is 279 g/mol. The van der Waals surface area contributed by atoms with Crippen LogP contribution in [-0.4, -0.2) is 21.4 Å². The van der Waals surface area contributed by atoms with Gasteiger partial charge in [-0.05, 0) is 30.2 Å². The quantitative estimate of drug-likeness (QED) is 0.873. The van der Waals surface area contributed by atoms with Gasteiger partial charge in [-0.15, -0.1) is 0 Å². The Hall–Kier alpha value is -2.32. The lowest BCUT2D eigenvalue weighted by molar-refractivity contribution is 0.237. The number of halogens is 1. The average molecular weight is 296 g/mol. The Labute approximate surface area is 129 Å². The molecule has 0 amide bonds. The van der Waals surface area contributed by atoms with Gasteiger partial charge in [-0.2, -0.15) is 5.26 Å². The summed E-state index contributed by atoms with van der Waals surface area (Å²) < 4.78 is 13.9. The summed E-state index contributed by atoms with van der Waals surface area (Å²) in [4.78, 5) is 11.1. The molecule has 1 aromatic carbocycles. The lowest BCUT2D eigenvalue weighted by Gasteiger charge is -2.28. The van der Waals surface area contributed by atoms with Crippen molar-refractivity contribution in [1.29, 1.82) is 5.26 Å². The van der Waals surface area contributed by atoms with E-state index in [2.05, 4.69) is 20.9 Å². The zero-order valence-electron chi connectivity index (χ0n) is 12.5. The summed E-state index contributed by atoms with van der Waals surface area (Å²) in [6.45, 7) is 4.07. The normalized spacial score (nSPS) is 14.4. The zero-order chi connectivity index (χ0) is 15.5. The summed E-state index contributed by atoms with van der Waals surface area (Å²) in [5.41, 5.74) is 3.27. The Kier molecular flexibility index (Phi) is 4.12. The number of aryl methyl sites for hydroxylation is 1. The minimum Gasteiger partial charge on any atom is -0.293 e. The number of fused-ring (bicyclic) bond motifs is 1. The molecule has 2 aromatic rings. The van der Waals surface area contributed by atoms with Crippen LogP contribution >= 0.6 is 0 Å². The van der Waals surface area contributed by atoms with Gasteiger partial charge >= 0.3 is 0 Å². The fourth-order valence-electron chi connectivity index (χ4n) is 2.71. The fourth-order valence-corrected chi connectivity index (χ4v) is 2.71. The van der Waals surface area contributed by atoms with Gasteiger partial charge in [0.2, 0.25) is 0 Å². The molecule has 4 nitrogen and oxygen atoms in total. The van der Waals surface area contributed by atoms with Gasteiger partial charge in [-0.3, -0.25) is 4.90 Å². The second-order valence-corrected chi connectivity index (χ2v) is 5.49. The maximum atomic E-state index is 13.9. The summed E-state index contributed by atoms with van der Waals surface area (Å²) in [5.74, 6) is 0.583. The van der Waals surface area contributed by atoms with Crippen molar-refractivity contribution >= 4 is 0 Å². The molecule has 0 aliphatic carbocycles. The SMILES string of the molecule is CCc1ncc2c(n1)CN(Cc1cc(C#N)ccc1F)CC2. The lowest BCUT2D eigenvalue weighted by Crippen LogP contribution is -2.31. The first-order valence-corrected chi connectivity index (χ1v) is 7.44. The molecular formula is C17H17FN4. The number of nitriles is 1. The second kappa shape index (κ2) is 6.20. The largest absolute Gasteiger partial charge is 0.293 e. The predicted octanol–water partition coefficient (Wildman–Crippen LogP) is 2.61. The number of rotatable bonds is 3. The number of benzene rings is 1. The van der Waals surface area contributed by atoms with E-state index in [1.807, 2.05) is 13.1 Å². The van der Waals surface area contributed by atoms with Gasteiger partial charge in [-0.25, -0.2) is 14.4 Å². The maximum Gasteiger partial charge on any atom is 0.128 e. The minimum absolute atomic E-state index is 0.262. The number of aromatic nitrogens is 2. The van der Waals surface area contributed by atoms with E-state index in [4.69, 9.17) is 5.26 Å². The average Bonchev–Trinajstić information content (AvgIpc) is 2.56. The van der Waals surface area contributed by atoms with Crippen LogP contribution in [0.25, 0.3) is 0 Å². The molecule has 0 fully saturated rings. The summed E-state index contributed by atoms with van der Waals surface area (Å²) in [5, 5.41) is 8.94. The highest BCUT2D eigenvalue weighted by atomic mass is 19.1. The Morgan fingerprint density at radius 1 is 1.41 bits per heavy atom. The van der Waals surface area contributed by atoms with Crippen LogP contribution < -0.4 is 0 Å². The van der Waals surface area contributed by atoms with E-state index in [0.717, 1.165) is 30.9 Å². The summed E-state index contributed by atoms with van der Waals surface area (Å²) in [6, 6.07) is 6.55. The first-order valence-electron chi connectivity index (χ1n) is 7.44. The molecule has 112 valence electrons. The summed E-state index contributed by atoms with van der Waals surface area (Å²) in [6.07, 6.45) is 3.60. The standard InChI is InChI=1S/C17H17FN4/c1-2-17-20-9-13-5-6-22(11-16(13)21-17)10-14-7-12(8-19)3-4-15(14)18/h3-4,7,9H,2,5-6,10-11H2,1H3. The molecule has 0 saturated carbocycles. The Balaban J connectivity index is 1.79. The van der Waals surface area contributed by atoms with Crippen molar-refractivity contribution in [3.8, 4) is 6.07 Å². The van der Waals surface area contributed by atoms with E-state index in [-0.39, 0.29) is 5.82 Å². The highest BCUT2D eigenvalue weighted by Crippen LogP contribution is 2.20. The molecule has 3 rings (SSSR count). The molecule has 1 aliphatic heterocycles. The van der Waals surface area contributed by atoms with Crippen LogP contribution in [0.5, 0.6) is 0 Å². The van der Waals surface area contributed by atoms with Crippen molar-refractivity contribution in [2.45, 2.75) is 32.9 Å². The van der Waals surface area contributed by atoms with Crippen LogP contribution in [0.15, 0.2) is 24.4 Å². The van der Waals surface area contributed by atoms with E-state index < -0.39 is 0 Å². The molecule has 1 aliphatic rings. The Morgan fingerprint density at radius 3 is 3.05 bits per heavy atom. The molecule has 0 spiro atoms. The minimum atomic E-state index is -0.262. The van der Waals surface area contributed by atoms with Crippen molar-refractivity contribution in [2.75, 3.05) is 6.54 Å². The van der Waals surface area contributed by atoms with Gasteiger partial charge < -0.3 is 0 Å². The third kappa shape index (κ3) is 2.97. The van der Waals surface area contributed by atoms with Gasteiger partial charge in [0.05, 0.1) is 17.3 Å². The molecule has 2 heterocycles. The van der Waals surface area contributed by atoms with E-state index in [9.17, 15) is 4.39 Å². The van der Waals surface area contributed by atoms with Crippen molar-refractivity contribution in [3.63, 3.8) is 0 Å². The molecule has 22 heavy (non-hydrogen) atoms. The Bertz CT molecular complexity index is 736. The summed E-state index contributed by atoms with van der Waals surface area (Å²) >= 11 is 0. The van der Waals surface area contributed by atoms with Crippen LogP contribution in [0.1, 0.15) is 35.1 Å². The molecule has 0 N–H and O–H groups in total. The van der Waals surface area contributed by atoms with Crippen molar-refractivity contribution in [3.05, 3.63) is 58.4 Å². The van der Waals surface area contributed by atoms with Gasteiger partial charge in [0.1, 0.15) is 11.6 Å². The topological polar surface area (TPSA) is 52.8 Å². The molecule has 0 saturated heterocycles.